The highest BCUT2D eigenvalue weighted by atomic mass is 19.4. The molecule has 4 heteroatoms. The number of carbonyl (C=O) groups excluding carboxylic acids is 1. The van der Waals surface area contributed by atoms with Crippen LogP contribution in [0.4, 0.5) is 13.2 Å². The zero-order valence-corrected chi connectivity index (χ0v) is 10.1. The second-order valence-electron chi connectivity index (χ2n) is 4.27. The van der Waals surface area contributed by atoms with E-state index in [1.807, 2.05) is 6.92 Å². The van der Waals surface area contributed by atoms with Crippen LogP contribution in [0.1, 0.15) is 58.8 Å². The first-order valence-electron chi connectivity index (χ1n) is 5.97. The predicted octanol–water partition coefficient (Wildman–Crippen LogP) is 4.50. The van der Waals surface area contributed by atoms with Gasteiger partial charge in [-0.3, -0.25) is 4.79 Å². The monoisotopic (exact) mass is 238 g/mol. The van der Waals surface area contributed by atoms with Crippen LogP contribution in [-0.2, 0) is 4.79 Å². The van der Waals surface area contributed by atoms with Gasteiger partial charge in [-0.1, -0.05) is 39.5 Å². The molecular weight excluding hydrogens is 217 g/mol. The number of alkyl halides is 3. The smallest absolute Gasteiger partial charge is 0.300 e. The van der Waals surface area contributed by atoms with Crippen molar-refractivity contribution >= 4 is 5.78 Å². The first kappa shape index (κ1) is 15.5. The number of hydrogen-bond donors (Lipinski definition) is 0. The first-order chi connectivity index (χ1) is 7.39. The third kappa shape index (κ3) is 8.74. The molecule has 0 saturated heterocycles. The molecule has 0 heterocycles. The maximum Gasteiger partial charge on any atom is 0.389 e. The van der Waals surface area contributed by atoms with E-state index in [0.29, 0.717) is 6.42 Å². The van der Waals surface area contributed by atoms with E-state index in [1.54, 1.807) is 0 Å². The van der Waals surface area contributed by atoms with Crippen LogP contribution in [0.2, 0.25) is 0 Å². The normalized spacial score (nSPS) is 13.8. The Hall–Kier alpha value is -0.540. The number of Topliss-reactive ketones (excluding diaryl/α,β-unsaturated/α-hetero) is 1. The van der Waals surface area contributed by atoms with E-state index in [4.69, 9.17) is 0 Å². The lowest BCUT2D eigenvalue weighted by Gasteiger charge is -2.13. The van der Waals surface area contributed by atoms with E-state index < -0.39 is 12.6 Å². The van der Waals surface area contributed by atoms with Crippen molar-refractivity contribution in [1.29, 1.82) is 0 Å². The molecule has 0 amide bonds. The van der Waals surface area contributed by atoms with Gasteiger partial charge in [0, 0.05) is 12.8 Å². The predicted molar refractivity (Wildman–Crippen MR) is 58.2 cm³/mol. The van der Waals surface area contributed by atoms with Crippen molar-refractivity contribution in [2.45, 2.75) is 65.0 Å². The van der Waals surface area contributed by atoms with Crippen molar-refractivity contribution in [3.63, 3.8) is 0 Å². The fourth-order valence-corrected chi connectivity index (χ4v) is 1.65. The lowest BCUT2D eigenvalue weighted by atomic mass is 9.92. The Morgan fingerprint density at radius 3 is 2.31 bits per heavy atom. The Morgan fingerprint density at radius 2 is 1.88 bits per heavy atom. The summed E-state index contributed by atoms with van der Waals surface area (Å²) in [6, 6.07) is 0. The SMILES string of the molecule is CCCCC(CC)CC(=O)CCC(F)(F)F. The van der Waals surface area contributed by atoms with Crippen LogP contribution in [-0.4, -0.2) is 12.0 Å². The van der Waals surface area contributed by atoms with Crippen LogP contribution in [0.25, 0.3) is 0 Å². The summed E-state index contributed by atoms with van der Waals surface area (Å²) in [7, 11) is 0. The van der Waals surface area contributed by atoms with Gasteiger partial charge in [-0.15, -0.1) is 0 Å². The minimum Gasteiger partial charge on any atom is -0.300 e. The average Bonchev–Trinajstić information content (AvgIpc) is 2.20. The summed E-state index contributed by atoms with van der Waals surface area (Å²) in [4.78, 5) is 11.3. The zero-order valence-electron chi connectivity index (χ0n) is 10.1. The molecule has 96 valence electrons. The molecule has 1 nitrogen and oxygen atoms in total. The van der Waals surface area contributed by atoms with Crippen molar-refractivity contribution in [1.82, 2.24) is 0 Å². The van der Waals surface area contributed by atoms with E-state index in [9.17, 15) is 18.0 Å². The standard InChI is InChI=1S/C12H21F3O/c1-3-5-6-10(4-2)9-11(16)7-8-12(13,14)15/h10H,3-9H2,1-2H3. The maximum atomic E-state index is 11.9. The number of halogens is 3. The molecule has 16 heavy (non-hydrogen) atoms. The van der Waals surface area contributed by atoms with Crippen LogP contribution in [0.5, 0.6) is 0 Å². The van der Waals surface area contributed by atoms with Gasteiger partial charge in [0.05, 0.1) is 6.42 Å². The summed E-state index contributed by atoms with van der Waals surface area (Å²) in [5.41, 5.74) is 0. The van der Waals surface area contributed by atoms with Gasteiger partial charge in [0.15, 0.2) is 0 Å². The van der Waals surface area contributed by atoms with Gasteiger partial charge in [0.25, 0.3) is 0 Å². The Bertz CT molecular complexity index is 199. The molecule has 0 aromatic carbocycles. The van der Waals surface area contributed by atoms with Crippen LogP contribution in [0.3, 0.4) is 0 Å². The van der Waals surface area contributed by atoms with E-state index in [1.165, 1.54) is 0 Å². The third-order valence-corrected chi connectivity index (χ3v) is 2.75. The van der Waals surface area contributed by atoms with Crippen LogP contribution < -0.4 is 0 Å². The quantitative estimate of drug-likeness (QED) is 0.608. The minimum absolute atomic E-state index is 0.250. The molecule has 0 fully saturated rings. The summed E-state index contributed by atoms with van der Waals surface area (Å²) >= 11 is 0. The highest BCUT2D eigenvalue weighted by Gasteiger charge is 2.28. The second kappa shape index (κ2) is 7.69. The summed E-state index contributed by atoms with van der Waals surface area (Å²) < 4.78 is 35.7. The number of rotatable bonds is 8. The van der Waals surface area contributed by atoms with Gasteiger partial charge < -0.3 is 0 Å². The summed E-state index contributed by atoms with van der Waals surface area (Å²) in [6.07, 6.45) is -1.30. The molecule has 0 spiro atoms. The Labute approximate surface area is 95.4 Å². The molecule has 0 aromatic heterocycles. The van der Waals surface area contributed by atoms with Gasteiger partial charge in [0.2, 0.25) is 0 Å². The van der Waals surface area contributed by atoms with E-state index in [0.717, 1.165) is 25.7 Å². The summed E-state index contributed by atoms with van der Waals surface area (Å²) in [5, 5.41) is 0. The molecule has 1 unspecified atom stereocenters. The number of unbranched alkanes of at least 4 members (excludes halogenated alkanes) is 1. The first-order valence-corrected chi connectivity index (χ1v) is 5.97. The lowest BCUT2D eigenvalue weighted by molar-refractivity contribution is -0.143. The Balaban J connectivity index is 3.83. The molecule has 0 aliphatic heterocycles. The zero-order chi connectivity index (χ0) is 12.6. The van der Waals surface area contributed by atoms with Crippen molar-refractivity contribution < 1.29 is 18.0 Å². The van der Waals surface area contributed by atoms with E-state index in [2.05, 4.69) is 6.92 Å². The van der Waals surface area contributed by atoms with Gasteiger partial charge in [-0.2, -0.15) is 13.2 Å². The van der Waals surface area contributed by atoms with Crippen LogP contribution in [0.15, 0.2) is 0 Å². The number of ketones is 1. The fraction of sp³-hybridized carbons (Fsp3) is 0.917. The summed E-state index contributed by atoms with van der Waals surface area (Å²) in [5.74, 6) is 0.0148. The van der Waals surface area contributed by atoms with Crippen LogP contribution in [0, 0.1) is 5.92 Å². The Kier molecular flexibility index (Phi) is 7.43. The van der Waals surface area contributed by atoms with Crippen molar-refractivity contribution in [2.24, 2.45) is 5.92 Å². The molecule has 0 rings (SSSR count). The molecule has 0 radical (unpaired) electrons. The molecule has 0 saturated carbocycles. The molecular formula is C12H21F3O. The third-order valence-electron chi connectivity index (χ3n) is 2.75. The summed E-state index contributed by atoms with van der Waals surface area (Å²) in [6.45, 7) is 4.05. The lowest BCUT2D eigenvalue weighted by Crippen LogP contribution is -2.13. The van der Waals surface area contributed by atoms with E-state index in [-0.39, 0.29) is 18.1 Å². The Morgan fingerprint density at radius 1 is 1.25 bits per heavy atom. The largest absolute Gasteiger partial charge is 0.389 e. The highest BCUT2D eigenvalue weighted by molar-refractivity contribution is 5.78. The molecule has 1 atom stereocenters. The molecule has 0 aliphatic rings. The van der Waals surface area contributed by atoms with Gasteiger partial charge >= 0.3 is 6.18 Å². The van der Waals surface area contributed by atoms with Crippen molar-refractivity contribution in [3.8, 4) is 0 Å². The van der Waals surface area contributed by atoms with Crippen molar-refractivity contribution in [2.75, 3.05) is 0 Å². The topological polar surface area (TPSA) is 17.1 Å². The van der Waals surface area contributed by atoms with Gasteiger partial charge in [-0.05, 0) is 5.92 Å². The molecule has 0 aromatic rings. The van der Waals surface area contributed by atoms with Gasteiger partial charge in [0.1, 0.15) is 5.78 Å². The second-order valence-corrected chi connectivity index (χ2v) is 4.27. The highest BCUT2D eigenvalue weighted by Crippen LogP contribution is 2.24. The van der Waals surface area contributed by atoms with Crippen LogP contribution >= 0.6 is 0 Å². The van der Waals surface area contributed by atoms with Gasteiger partial charge in [-0.25, -0.2) is 0 Å². The average molecular weight is 238 g/mol. The molecule has 0 aliphatic carbocycles. The number of hydrogen-bond acceptors (Lipinski definition) is 1. The number of carbonyl (C=O) groups is 1. The molecule has 0 bridgehead atoms. The fourth-order valence-electron chi connectivity index (χ4n) is 1.65. The molecule has 0 N–H and O–H groups in total. The van der Waals surface area contributed by atoms with Crippen molar-refractivity contribution in [3.05, 3.63) is 0 Å². The van der Waals surface area contributed by atoms with E-state index >= 15 is 0 Å². The minimum atomic E-state index is -4.21. The maximum absolute atomic E-state index is 11.9.